The highest BCUT2D eigenvalue weighted by Crippen LogP contribution is 2.37. The third-order valence-electron chi connectivity index (χ3n) is 2.54. The van der Waals surface area contributed by atoms with Crippen LogP contribution in [-0.2, 0) is 0 Å². The second-order valence-corrected chi connectivity index (χ2v) is 3.27. The first-order valence-corrected chi connectivity index (χ1v) is 4.21. The zero-order valence-electron chi connectivity index (χ0n) is 6.70. The molecule has 0 spiro atoms. The van der Waals surface area contributed by atoms with Crippen molar-refractivity contribution in [2.75, 3.05) is 0 Å². The van der Waals surface area contributed by atoms with Crippen molar-refractivity contribution >= 4 is 0 Å². The Bertz CT molecular complexity index is 285. The summed E-state index contributed by atoms with van der Waals surface area (Å²) in [7, 11) is 0. The highest BCUT2D eigenvalue weighted by molar-refractivity contribution is 5.24. The normalized spacial score (nSPS) is 28.2. The first-order chi connectivity index (χ1) is 5.79. The molecule has 2 atom stereocenters. The summed E-state index contributed by atoms with van der Waals surface area (Å²) in [6, 6.07) is 6.68. The minimum atomic E-state index is -0.332. The third-order valence-corrected chi connectivity index (χ3v) is 2.54. The van der Waals surface area contributed by atoms with E-state index in [0.717, 1.165) is 12.8 Å². The van der Waals surface area contributed by atoms with E-state index in [2.05, 4.69) is 0 Å². The molecule has 2 unspecified atom stereocenters. The zero-order valence-corrected chi connectivity index (χ0v) is 6.70. The van der Waals surface area contributed by atoms with Gasteiger partial charge in [-0.05, 0) is 24.5 Å². The maximum atomic E-state index is 13.1. The molecule has 12 heavy (non-hydrogen) atoms. The van der Waals surface area contributed by atoms with Crippen LogP contribution in [0.15, 0.2) is 24.3 Å². The predicted molar refractivity (Wildman–Crippen MR) is 44.4 cm³/mol. The van der Waals surface area contributed by atoms with Gasteiger partial charge in [-0.2, -0.15) is 0 Å². The minimum absolute atomic E-state index is 0.0335. The van der Waals surface area contributed by atoms with Crippen molar-refractivity contribution in [3.63, 3.8) is 0 Å². The van der Waals surface area contributed by atoms with E-state index in [9.17, 15) is 9.50 Å². The lowest BCUT2D eigenvalue weighted by Gasteiger charge is -2.32. The van der Waals surface area contributed by atoms with E-state index in [4.69, 9.17) is 0 Å². The van der Waals surface area contributed by atoms with E-state index >= 15 is 0 Å². The second-order valence-electron chi connectivity index (χ2n) is 3.27. The first kappa shape index (κ1) is 7.74. The molecule has 0 radical (unpaired) electrons. The Balaban J connectivity index is 2.27. The average Bonchev–Trinajstić information content (AvgIpc) is 2.06. The van der Waals surface area contributed by atoms with Gasteiger partial charge in [0.2, 0.25) is 0 Å². The summed E-state index contributed by atoms with van der Waals surface area (Å²) in [5.41, 5.74) is 0.663. The maximum absolute atomic E-state index is 13.1. The molecule has 0 aromatic heterocycles. The molecule has 1 aromatic rings. The molecule has 0 amide bonds. The van der Waals surface area contributed by atoms with E-state index in [1.807, 2.05) is 6.07 Å². The van der Waals surface area contributed by atoms with Crippen LogP contribution in [-0.4, -0.2) is 11.2 Å². The number of halogens is 1. The second kappa shape index (κ2) is 2.87. The Labute approximate surface area is 70.8 Å². The van der Waals surface area contributed by atoms with Crippen molar-refractivity contribution in [3.8, 4) is 0 Å². The van der Waals surface area contributed by atoms with Gasteiger partial charge in [-0.15, -0.1) is 0 Å². The molecule has 0 aliphatic heterocycles. The van der Waals surface area contributed by atoms with E-state index in [0.29, 0.717) is 5.56 Å². The lowest BCUT2D eigenvalue weighted by Crippen LogP contribution is -2.29. The molecule has 1 aliphatic carbocycles. The van der Waals surface area contributed by atoms with Gasteiger partial charge in [0.25, 0.3) is 0 Å². The van der Waals surface area contributed by atoms with Crippen LogP contribution in [0, 0.1) is 5.82 Å². The molecule has 1 aromatic carbocycles. The van der Waals surface area contributed by atoms with E-state index < -0.39 is 0 Å². The highest BCUT2D eigenvalue weighted by Gasteiger charge is 2.31. The molecule has 1 saturated carbocycles. The zero-order chi connectivity index (χ0) is 8.55. The summed E-state index contributed by atoms with van der Waals surface area (Å²) >= 11 is 0. The van der Waals surface area contributed by atoms with Gasteiger partial charge < -0.3 is 5.11 Å². The van der Waals surface area contributed by atoms with Gasteiger partial charge in [0.15, 0.2) is 0 Å². The summed E-state index contributed by atoms with van der Waals surface area (Å²) in [5, 5.41) is 9.32. The number of aliphatic hydroxyl groups is 1. The Morgan fingerprint density at radius 1 is 1.25 bits per heavy atom. The minimum Gasteiger partial charge on any atom is -0.392 e. The van der Waals surface area contributed by atoms with Crippen LogP contribution in [0.4, 0.5) is 4.39 Å². The summed E-state index contributed by atoms with van der Waals surface area (Å²) in [4.78, 5) is 0. The van der Waals surface area contributed by atoms with Crippen molar-refractivity contribution in [2.45, 2.75) is 24.9 Å². The molecular weight excluding hydrogens is 155 g/mol. The quantitative estimate of drug-likeness (QED) is 0.677. The van der Waals surface area contributed by atoms with Gasteiger partial charge in [0, 0.05) is 5.92 Å². The smallest absolute Gasteiger partial charge is 0.126 e. The van der Waals surface area contributed by atoms with Crippen LogP contribution in [0.1, 0.15) is 24.3 Å². The Hall–Kier alpha value is -0.890. The molecule has 0 heterocycles. The van der Waals surface area contributed by atoms with Crippen molar-refractivity contribution in [2.24, 2.45) is 0 Å². The lowest BCUT2D eigenvalue weighted by molar-refractivity contribution is 0.0644. The standard InChI is InChI=1S/C10H11FO/c11-9-4-2-1-3-7(9)8-5-6-10(8)12/h1-4,8,10,12H,5-6H2. The topological polar surface area (TPSA) is 20.2 Å². The molecule has 1 nitrogen and oxygen atoms in total. The molecule has 2 rings (SSSR count). The first-order valence-electron chi connectivity index (χ1n) is 4.21. The van der Waals surface area contributed by atoms with Crippen LogP contribution in [0.25, 0.3) is 0 Å². The number of rotatable bonds is 1. The average molecular weight is 166 g/mol. The van der Waals surface area contributed by atoms with Gasteiger partial charge in [0.05, 0.1) is 6.10 Å². The molecule has 1 aliphatic rings. The fraction of sp³-hybridized carbons (Fsp3) is 0.400. The van der Waals surface area contributed by atoms with Crippen molar-refractivity contribution < 1.29 is 9.50 Å². The van der Waals surface area contributed by atoms with Crippen LogP contribution in [0.3, 0.4) is 0 Å². The van der Waals surface area contributed by atoms with Gasteiger partial charge >= 0.3 is 0 Å². The monoisotopic (exact) mass is 166 g/mol. The SMILES string of the molecule is OC1CCC1c1ccccc1F. The number of hydrogen-bond acceptors (Lipinski definition) is 1. The van der Waals surface area contributed by atoms with Crippen LogP contribution in [0.2, 0.25) is 0 Å². The van der Waals surface area contributed by atoms with Gasteiger partial charge in [0.1, 0.15) is 5.82 Å². The Morgan fingerprint density at radius 2 is 2.00 bits per heavy atom. The molecule has 64 valence electrons. The Kier molecular flexibility index (Phi) is 1.85. The van der Waals surface area contributed by atoms with E-state index in [-0.39, 0.29) is 17.8 Å². The third kappa shape index (κ3) is 1.12. The van der Waals surface area contributed by atoms with Crippen LogP contribution >= 0.6 is 0 Å². The summed E-state index contributed by atoms with van der Waals surface area (Å²) in [6.07, 6.45) is 1.38. The van der Waals surface area contributed by atoms with E-state index in [1.54, 1.807) is 12.1 Å². The molecular formula is C10H11FO. The molecule has 0 bridgehead atoms. The van der Waals surface area contributed by atoms with Gasteiger partial charge in [-0.3, -0.25) is 0 Å². The fourth-order valence-electron chi connectivity index (χ4n) is 1.62. The van der Waals surface area contributed by atoms with Crippen LogP contribution < -0.4 is 0 Å². The van der Waals surface area contributed by atoms with Gasteiger partial charge in [-0.25, -0.2) is 4.39 Å². The largest absolute Gasteiger partial charge is 0.392 e. The van der Waals surface area contributed by atoms with Crippen molar-refractivity contribution in [1.29, 1.82) is 0 Å². The van der Waals surface area contributed by atoms with Crippen molar-refractivity contribution in [3.05, 3.63) is 35.6 Å². The maximum Gasteiger partial charge on any atom is 0.126 e. The van der Waals surface area contributed by atoms with Crippen molar-refractivity contribution in [1.82, 2.24) is 0 Å². The highest BCUT2D eigenvalue weighted by atomic mass is 19.1. The number of hydrogen-bond donors (Lipinski definition) is 1. The van der Waals surface area contributed by atoms with E-state index in [1.165, 1.54) is 6.07 Å². The van der Waals surface area contributed by atoms with Crippen LogP contribution in [0.5, 0.6) is 0 Å². The van der Waals surface area contributed by atoms with Gasteiger partial charge in [-0.1, -0.05) is 18.2 Å². The molecule has 0 saturated heterocycles. The summed E-state index contributed by atoms with van der Waals surface area (Å²) in [6.45, 7) is 0. The summed E-state index contributed by atoms with van der Waals surface area (Å²) in [5.74, 6) is -0.160. The predicted octanol–water partition coefficient (Wildman–Crippen LogP) is 2.06. The number of benzene rings is 1. The fourth-order valence-corrected chi connectivity index (χ4v) is 1.62. The molecule has 2 heteroatoms. The molecule has 1 fully saturated rings. The molecule has 1 N–H and O–H groups in total. The number of aliphatic hydroxyl groups excluding tert-OH is 1. The Morgan fingerprint density at radius 3 is 2.50 bits per heavy atom. The lowest BCUT2D eigenvalue weighted by atomic mass is 9.77. The summed E-state index contributed by atoms with van der Waals surface area (Å²) < 4.78 is 13.1.